The van der Waals surface area contributed by atoms with Crippen molar-refractivity contribution in [1.82, 2.24) is 14.7 Å². The smallest absolute Gasteiger partial charge is 0.233 e. The molecule has 3 rings (SSSR count). The maximum absolute atomic E-state index is 11.9. The van der Waals surface area contributed by atoms with E-state index in [0.717, 1.165) is 22.3 Å². The third-order valence-corrected chi connectivity index (χ3v) is 3.83. The van der Waals surface area contributed by atoms with Crippen LogP contribution >= 0.6 is 0 Å². The number of imidazole rings is 1. The summed E-state index contributed by atoms with van der Waals surface area (Å²) in [6.45, 7) is 3.12. The Morgan fingerprint density at radius 2 is 1.78 bits per heavy atom. The van der Waals surface area contributed by atoms with Crippen LogP contribution < -0.4 is 5.32 Å². The number of hydrogen-bond acceptors (Lipinski definition) is 3. The zero-order chi connectivity index (χ0) is 16.4. The number of fused-ring (bicyclic) bond motifs is 1. The van der Waals surface area contributed by atoms with Crippen LogP contribution in [0.3, 0.4) is 0 Å². The number of nitrogens with zero attached hydrogens (tertiary/aromatic N) is 2. The number of pyridine rings is 1. The van der Waals surface area contributed by atoms with Gasteiger partial charge in [-0.3, -0.25) is 14.9 Å². The molecule has 0 aliphatic carbocycles. The van der Waals surface area contributed by atoms with Gasteiger partial charge in [-0.15, -0.1) is 0 Å². The maximum atomic E-state index is 11.9. The quantitative estimate of drug-likeness (QED) is 0.809. The van der Waals surface area contributed by atoms with Crippen molar-refractivity contribution in [2.24, 2.45) is 0 Å². The van der Waals surface area contributed by atoms with Crippen molar-refractivity contribution in [3.63, 3.8) is 0 Å². The molecule has 0 bridgehead atoms. The van der Waals surface area contributed by atoms with Crippen LogP contribution in [-0.2, 0) is 9.59 Å². The Bertz CT molecular complexity index is 865. The second kappa shape index (κ2) is 6.04. The molecule has 3 aromatic rings. The Hall–Kier alpha value is -2.95. The molecule has 0 spiro atoms. The highest BCUT2D eigenvalue weighted by Crippen LogP contribution is 2.23. The second-order valence-corrected chi connectivity index (χ2v) is 5.50. The third-order valence-electron chi connectivity index (χ3n) is 3.83. The van der Waals surface area contributed by atoms with Gasteiger partial charge in [0.1, 0.15) is 5.65 Å². The van der Waals surface area contributed by atoms with Gasteiger partial charge in [0.15, 0.2) is 0 Å². The summed E-state index contributed by atoms with van der Waals surface area (Å²) in [4.78, 5) is 27.1. The Morgan fingerprint density at radius 3 is 2.48 bits per heavy atom. The highest BCUT2D eigenvalue weighted by Gasteiger charge is 2.16. The molecular formula is C18H17N3O2. The minimum absolute atomic E-state index is 0.287. The molecule has 0 radical (unpaired) electrons. The van der Waals surface area contributed by atoms with Gasteiger partial charge in [0, 0.05) is 25.5 Å². The van der Waals surface area contributed by atoms with E-state index in [9.17, 15) is 9.59 Å². The molecule has 5 heteroatoms. The number of benzene rings is 1. The van der Waals surface area contributed by atoms with Gasteiger partial charge in [-0.2, -0.15) is 0 Å². The lowest BCUT2D eigenvalue weighted by Gasteiger charge is -2.11. The third kappa shape index (κ3) is 3.13. The molecule has 2 heterocycles. The number of carbonyl (C=O) groups excluding carboxylic acids is 2. The van der Waals surface area contributed by atoms with E-state index in [1.165, 1.54) is 6.92 Å². The zero-order valence-corrected chi connectivity index (χ0v) is 13.0. The largest absolute Gasteiger partial charge is 0.306 e. The van der Waals surface area contributed by atoms with Crippen LogP contribution in [0.15, 0.2) is 55.0 Å². The van der Waals surface area contributed by atoms with E-state index in [-0.39, 0.29) is 17.7 Å². The first kappa shape index (κ1) is 15.0. The minimum atomic E-state index is -0.371. The molecular weight excluding hydrogens is 290 g/mol. The molecule has 1 N–H and O–H groups in total. The fourth-order valence-electron chi connectivity index (χ4n) is 2.49. The van der Waals surface area contributed by atoms with Gasteiger partial charge in [-0.05, 0) is 35.7 Å². The van der Waals surface area contributed by atoms with E-state index in [2.05, 4.69) is 10.3 Å². The summed E-state index contributed by atoms with van der Waals surface area (Å²) in [6, 6.07) is 11.8. The molecule has 0 saturated carbocycles. The molecule has 0 aliphatic heterocycles. The molecule has 1 unspecified atom stereocenters. The molecule has 2 aromatic heterocycles. The first-order valence-electron chi connectivity index (χ1n) is 7.39. The van der Waals surface area contributed by atoms with Crippen molar-refractivity contribution < 1.29 is 9.59 Å². The number of imide groups is 1. The summed E-state index contributed by atoms with van der Waals surface area (Å²) in [5.74, 6) is -0.999. The summed E-state index contributed by atoms with van der Waals surface area (Å²) in [5.41, 5.74) is 3.91. The van der Waals surface area contributed by atoms with Crippen LogP contribution in [0.2, 0.25) is 0 Å². The van der Waals surface area contributed by atoms with E-state index in [0.29, 0.717) is 0 Å². The van der Waals surface area contributed by atoms with Crippen molar-refractivity contribution in [3.8, 4) is 11.1 Å². The zero-order valence-electron chi connectivity index (χ0n) is 13.0. The molecule has 1 aromatic carbocycles. The van der Waals surface area contributed by atoms with Gasteiger partial charge in [-0.25, -0.2) is 4.98 Å². The monoisotopic (exact) mass is 307 g/mol. The van der Waals surface area contributed by atoms with E-state index in [1.54, 1.807) is 13.1 Å². The van der Waals surface area contributed by atoms with Crippen LogP contribution in [0, 0.1) is 0 Å². The fourth-order valence-corrected chi connectivity index (χ4v) is 2.49. The average Bonchev–Trinajstić information content (AvgIpc) is 3.01. The molecule has 23 heavy (non-hydrogen) atoms. The number of rotatable bonds is 3. The minimum Gasteiger partial charge on any atom is -0.306 e. The molecule has 0 aliphatic rings. The SMILES string of the molecule is CC(=O)NC(=O)C(C)c1ccc(-c2ccc3nccn3c2)cc1. The first-order chi connectivity index (χ1) is 11.0. The van der Waals surface area contributed by atoms with Gasteiger partial charge < -0.3 is 4.40 Å². The van der Waals surface area contributed by atoms with Crippen LogP contribution in [0.5, 0.6) is 0 Å². The van der Waals surface area contributed by atoms with Gasteiger partial charge in [0.05, 0.1) is 5.92 Å². The molecule has 2 amide bonds. The maximum Gasteiger partial charge on any atom is 0.233 e. The van der Waals surface area contributed by atoms with Crippen molar-refractivity contribution in [2.45, 2.75) is 19.8 Å². The Kier molecular flexibility index (Phi) is 3.93. The molecule has 1 atom stereocenters. The molecule has 5 nitrogen and oxygen atoms in total. The van der Waals surface area contributed by atoms with Gasteiger partial charge in [0.2, 0.25) is 11.8 Å². The normalized spacial score (nSPS) is 12.1. The molecule has 116 valence electrons. The number of aromatic nitrogens is 2. The van der Waals surface area contributed by atoms with Crippen molar-refractivity contribution in [1.29, 1.82) is 0 Å². The van der Waals surface area contributed by atoms with E-state index >= 15 is 0 Å². The summed E-state index contributed by atoms with van der Waals surface area (Å²) in [6.07, 6.45) is 5.68. The standard InChI is InChI=1S/C18H17N3O2/c1-12(18(23)20-13(2)22)14-3-5-15(6-4-14)16-7-8-17-19-9-10-21(17)11-16/h3-12H,1-2H3,(H,20,22,23). The molecule has 0 saturated heterocycles. The average molecular weight is 307 g/mol. The summed E-state index contributed by atoms with van der Waals surface area (Å²) >= 11 is 0. The summed E-state index contributed by atoms with van der Waals surface area (Å²) < 4.78 is 1.96. The van der Waals surface area contributed by atoms with Crippen LogP contribution in [0.25, 0.3) is 16.8 Å². The lowest BCUT2D eigenvalue weighted by atomic mass is 9.97. The first-order valence-corrected chi connectivity index (χ1v) is 7.39. The highest BCUT2D eigenvalue weighted by atomic mass is 16.2. The Morgan fingerprint density at radius 1 is 1.09 bits per heavy atom. The van der Waals surface area contributed by atoms with Gasteiger partial charge in [0.25, 0.3) is 0 Å². The number of amides is 2. The lowest BCUT2D eigenvalue weighted by Crippen LogP contribution is -2.31. The van der Waals surface area contributed by atoms with E-state index in [4.69, 9.17) is 0 Å². The second-order valence-electron chi connectivity index (χ2n) is 5.50. The van der Waals surface area contributed by atoms with Gasteiger partial charge in [-0.1, -0.05) is 24.3 Å². The van der Waals surface area contributed by atoms with E-state index < -0.39 is 0 Å². The Labute approximate surface area is 134 Å². The predicted octanol–water partition coefficient (Wildman–Crippen LogP) is 2.77. The summed E-state index contributed by atoms with van der Waals surface area (Å²) in [7, 11) is 0. The predicted molar refractivity (Wildman–Crippen MR) is 87.9 cm³/mol. The Balaban J connectivity index is 1.83. The summed E-state index contributed by atoms with van der Waals surface area (Å²) in [5, 5.41) is 2.32. The van der Waals surface area contributed by atoms with Crippen LogP contribution in [0.1, 0.15) is 25.3 Å². The number of carbonyl (C=O) groups is 2. The van der Waals surface area contributed by atoms with E-state index in [1.807, 2.05) is 53.2 Å². The van der Waals surface area contributed by atoms with Crippen molar-refractivity contribution >= 4 is 17.5 Å². The lowest BCUT2D eigenvalue weighted by molar-refractivity contribution is -0.129. The fraction of sp³-hybridized carbons (Fsp3) is 0.167. The topological polar surface area (TPSA) is 63.5 Å². The van der Waals surface area contributed by atoms with Crippen LogP contribution in [0.4, 0.5) is 0 Å². The number of nitrogens with one attached hydrogen (secondary N) is 1. The van der Waals surface area contributed by atoms with Crippen molar-refractivity contribution in [3.05, 3.63) is 60.6 Å². The van der Waals surface area contributed by atoms with Gasteiger partial charge >= 0.3 is 0 Å². The number of hydrogen-bond donors (Lipinski definition) is 1. The van der Waals surface area contributed by atoms with Crippen LogP contribution in [-0.4, -0.2) is 21.2 Å². The molecule has 0 fully saturated rings. The highest BCUT2D eigenvalue weighted by molar-refractivity contribution is 5.97. The van der Waals surface area contributed by atoms with Crippen molar-refractivity contribution in [2.75, 3.05) is 0 Å².